The summed E-state index contributed by atoms with van der Waals surface area (Å²) in [4.78, 5) is 37.2. The summed E-state index contributed by atoms with van der Waals surface area (Å²) >= 11 is 6.51. The van der Waals surface area contributed by atoms with Gasteiger partial charge in [0.15, 0.2) is 0 Å². The number of ether oxygens (including phenoxy) is 3. The van der Waals surface area contributed by atoms with E-state index >= 15 is 0 Å². The van der Waals surface area contributed by atoms with Crippen LogP contribution in [0, 0.1) is 11.8 Å². The highest BCUT2D eigenvalue weighted by Crippen LogP contribution is 2.48. The average Bonchev–Trinajstić information content (AvgIpc) is 2.83. The monoisotopic (exact) mass is 518 g/mol. The number of hydrogen-bond acceptors (Lipinski definition) is 8. The Kier molecular flexibility index (Phi) is 5.68. The summed E-state index contributed by atoms with van der Waals surface area (Å²) in [5.74, 6) is -4.94. The number of halogens is 2. The average molecular weight is 520 g/mol. The highest BCUT2D eigenvalue weighted by atomic mass is 79.9. The molecule has 10 heteroatoms. The zero-order valence-corrected chi connectivity index (χ0v) is 17.9. The fourth-order valence-corrected chi connectivity index (χ4v) is 4.92. The van der Waals surface area contributed by atoms with Crippen LogP contribution >= 0.6 is 31.9 Å². The molecule has 2 N–H and O–H groups in total. The van der Waals surface area contributed by atoms with Crippen LogP contribution in [0.25, 0.3) is 0 Å². The Morgan fingerprint density at radius 3 is 2.39 bits per heavy atom. The van der Waals surface area contributed by atoms with Crippen LogP contribution in [0.4, 0.5) is 0 Å². The van der Waals surface area contributed by atoms with Crippen molar-refractivity contribution in [3.63, 3.8) is 0 Å². The molecular weight excluding hydrogens is 504 g/mol. The molecule has 0 saturated heterocycles. The number of methoxy groups -OCH3 is 1. The van der Waals surface area contributed by atoms with Crippen LogP contribution < -0.4 is 0 Å². The van der Waals surface area contributed by atoms with Crippen molar-refractivity contribution in [2.45, 2.75) is 24.7 Å². The molecule has 8 nitrogen and oxygen atoms in total. The molecule has 0 amide bonds. The van der Waals surface area contributed by atoms with Crippen LogP contribution in [0.15, 0.2) is 39.0 Å². The van der Waals surface area contributed by atoms with Crippen LogP contribution in [0.1, 0.15) is 17.3 Å². The van der Waals surface area contributed by atoms with Crippen molar-refractivity contribution in [1.29, 1.82) is 0 Å². The predicted octanol–water partition coefficient (Wildman–Crippen LogP) is 1.71. The molecule has 1 fully saturated rings. The van der Waals surface area contributed by atoms with Crippen molar-refractivity contribution < 1.29 is 38.8 Å². The lowest BCUT2D eigenvalue weighted by Crippen LogP contribution is -2.46. The fraction of sp³-hybridized carbons (Fsp3) is 0.389. The van der Waals surface area contributed by atoms with Gasteiger partial charge in [-0.3, -0.25) is 4.79 Å². The summed E-state index contributed by atoms with van der Waals surface area (Å²) in [6.45, 7) is 1.22. The molecule has 0 radical (unpaired) electrons. The molecule has 0 spiro atoms. The predicted molar refractivity (Wildman–Crippen MR) is 101 cm³/mol. The van der Waals surface area contributed by atoms with Gasteiger partial charge < -0.3 is 24.4 Å². The Bertz CT molecular complexity index is 858. The van der Waals surface area contributed by atoms with Gasteiger partial charge in [0.2, 0.25) is 0 Å². The van der Waals surface area contributed by atoms with Crippen LogP contribution in [-0.4, -0.2) is 53.0 Å². The van der Waals surface area contributed by atoms with Crippen LogP contribution in [0.3, 0.4) is 0 Å². The molecule has 1 aliphatic carbocycles. The molecule has 0 aromatic heterocycles. The zero-order chi connectivity index (χ0) is 20.8. The van der Waals surface area contributed by atoms with Gasteiger partial charge in [-0.15, -0.1) is 0 Å². The van der Waals surface area contributed by atoms with E-state index in [0.29, 0.717) is 8.95 Å². The van der Waals surface area contributed by atoms with E-state index in [2.05, 4.69) is 31.9 Å². The standard InChI is InChI=1S/C18H16Br2O8/c1-18(25)12-10(7(15(22)26-2)6-27-17(12)24)13(14(18)21)28-16(23)11-8(19)4-3-5-9(11)20/h3-6,10,12-14,21,25H,1-2H3/t10-,12-,13+,14+,18-/m1/s1. The Morgan fingerprint density at radius 1 is 1.21 bits per heavy atom. The molecule has 0 bridgehead atoms. The first-order chi connectivity index (χ1) is 13.1. The quantitative estimate of drug-likeness (QED) is 0.457. The van der Waals surface area contributed by atoms with Gasteiger partial charge in [0, 0.05) is 8.95 Å². The van der Waals surface area contributed by atoms with Crippen LogP contribution in [0.2, 0.25) is 0 Å². The maximum absolute atomic E-state index is 12.8. The minimum atomic E-state index is -1.99. The third-order valence-corrected chi connectivity index (χ3v) is 6.32. The van der Waals surface area contributed by atoms with Gasteiger partial charge in [-0.25, -0.2) is 9.59 Å². The lowest BCUT2D eigenvalue weighted by Gasteiger charge is -2.30. The van der Waals surface area contributed by atoms with E-state index in [0.717, 1.165) is 13.4 Å². The zero-order valence-electron chi connectivity index (χ0n) is 14.7. The summed E-state index contributed by atoms with van der Waals surface area (Å²) in [5.41, 5.74) is -1.96. The Hall–Kier alpha value is -1.75. The summed E-state index contributed by atoms with van der Waals surface area (Å²) in [6.07, 6.45) is -2.13. The first-order valence-corrected chi connectivity index (χ1v) is 9.74. The Morgan fingerprint density at radius 2 is 1.82 bits per heavy atom. The lowest BCUT2D eigenvalue weighted by molar-refractivity contribution is -0.158. The van der Waals surface area contributed by atoms with Gasteiger partial charge in [0.25, 0.3) is 0 Å². The van der Waals surface area contributed by atoms with Crippen molar-refractivity contribution in [3.8, 4) is 0 Å². The summed E-state index contributed by atoms with van der Waals surface area (Å²) < 4.78 is 15.9. The molecule has 1 aliphatic heterocycles. The molecule has 150 valence electrons. The number of aliphatic hydroxyl groups excluding tert-OH is 1. The Balaban J connectivity index is 2.02. The second kappa shape index (κ2) is 7.58. The second-order valence-corrected chi connectivity index (χ2v) is 8.35. The fourth-order valence-electron chi connectivity index (χ4n) is 3.60. The van der Waals surface area contributed by atoms with E-state index in [-0.39, 0.29) is 11.1 Å². The van der Waals surface area contributed by atoms with Gasteiger partial charge in [0.1, 0.15) is 24.1 Å². The largest absolute Gasteiger partial charge is 0.466 e. The van der Waals surface area contributed by atoms with Crippen LogP contribution in [-0.2, 0) is 23.8 Å². The van der Waals surface area contributed by atoms with Crippen molar-refractivity contribution >= 4 is 49.8 Å². The van der Waals surface area contributed by atoms with Crippen LogP contribution in [0.5, 0.6) is 0 Å². The highest BCUT2D eigenvalue weighted by molar-refractivity contribution is 9.11. The van der Waals surface area contributed by atoms with Gasteiger partial charge in [-0.1, -0.05) is 6.07 Å². The molecule has 3 rings (SSSR count). The smallest absolute Gasteiger partial charge is 0.340 e. The number of fused-ring (bicyclic) bond motifs is 1. The number of carbonyl (C=O) groups excluding carboxylic acids is 3. The number of aliphatic hydroxyl groups is 2. The highest BCUT2D eigenvalue weighted by Gasteiger charge is 2.65. The van der Waals surface area contributed by atoms with Gasteiger partial charge in [-0.2, -0.15) is 0 Å². The van der Waals surface area contributed by atoms with E-state index in [4.69, 9.17) is 14.2 Å². The number of esters is 3. The number of benzene rings is 1. The van der Waals surface area contributed by atoms with Gasteiger partial charge >= 0.3 is 17.9 Å². The molecule has 0 unspecified atom stereocenters. The topological polar surface area (TPSA) is 119 Å². The number of carbonyl (C=O) groups is 3. The summed E-state index contributed by atoms with van der Waals surface area (Å²) in [7, 11) is 1.14. The summed E-state index contributed by atoms with van der Waals surface area (Å²) in [5, 5.41) is 21.4. The minimum absolute atomic E-state index is 0.118. The summed E-state index contributed by atoms with van der Waals surface area (Å²) in [6, 6.07) is 4.96. The van der Waals surface area contributed by atoms with E-state index in [1.807, 2.05) is 0 Å². The molecular formula is C18H16Br2O8. The number of hydrogen-bond donors (Lipinski definition) is 2. The second-order valence-electron chi connectivity index (χ2n) is 6.64. The molecule has 1 aromatic carbocycles. The Labute approximate surface area is 176 Å². The van der Waals surface area contributed by atoms with Crippen molar-refractivity contribution in [1.82, 2.24) is 0 Å². The van der Waals surface area contributed by atoms with Crippen molar-refractivity contribution in [3.05, 3.63) is 44.5 Å². The minimum Gasteiger partial charge on any atom is -0.466 e. The van der Waals surface area contributed by atoms with E-state index in [1.54, 1.807) is 18.2 Å². The van der Waals surface area contributed by atoms with Gasteiger partial charge in [0.05, 0.1) is 30.1 Å². The molecule has 2 aliphatic rings. The molecule has 1 heterocycles. The first-order valence-electron chi connectivity index (χ1n) is 8.15. The molecule has 1 saturated carbocycles. The van der Waals surface area contributed by atoms with E-state index < -0.39 is 47.6 Å². The third-order valence-electron chi connectivity index (χ3n) is 5.00. The molecule has 5 atom stereocenters. The van der Waals surface area contributed by atoms with Crippen molar-refractivity contribution in [2.24, 2.45) is 11.8 Å². The van der Waals surface area contributed by atoms with Gasteiger partial charge in [-0.05, 0) is 50.9 Å². The van der Waals surface area contributed by atoms with E-state index in [1.165, 1.54) is 6.92 Å². The van der Waals surface area contributed by atoms with Crippen molar-refractivity contribution in [2.75, 3.05) is 7.11 Å². The maximum atomic E-state index is 12.8. The first kappa shape index (κ1) is 21.0. The number of rotatable bonds is 3. The van der Waals surface area contributed by atoms with E-state index in [9.17, 15) is 24.6 Å². The SMILES string of the molecule is COC(=O)C1=COC(=O)[C@H]2[C@@H]1[C@H](OC(=O)c1c(Br)cccc1Br)[C@H](O)[C@]2(C)O. The molecule has 28 heavy (non-hydrogen) atoms. The number of cyclic esters (lactones) is 1. The molecule has 1 aromatic rings. The normalized spacial score (nSPS) is 31.5. The lowest BCUT2D eigenvalue weighted by atomic mass is 9.81. The third kappa shape index (κ3) is 3.28. The maximum Gasteiger partial charge on any atom is 0.340 e.